The fourth-order valence-electron chi connectivity index (χ4n) is 1.31. The van der Waals surface area contributed by atoms with Crippen LogP contribution < -0.4 is 10.6 Å². The second-order valence-corrected chi connectivity index (χ2v) is 4.90. The monoisotopic (exact) mass is 232 g/mol. The van der Waals surface area contributed by atoms with Crippen molar-refractivity contribution >= 4 is 17.7 Å². The van der Waals surface area contributed by atoms with E-state index >= 15 is 0 Å². The molecule has 0 aliphatic carbocycles. The van der Waals surface area contributed by atoms with Crippen LogP contribution in [0.15, 0.2) is 0 Å². The number of carbonyl (C=O) groups excluding carboxylic acids is 1. The molecular weight excluding hydrogens is 208 g/mol. The van der Waals surface area contributed by atoms with Crippen LogP contribution in [0.4, 0.5) is 0 Å². The first-order valence-corrected chi connectivity index (χ1v) is 7.01. The highest BCUT2D eigenvalue weighted by Gasteiger charge is 2.06. The SMILES string of the molecule is CCC(CSC)NCCC(=O)NC(C)C. The van der Waals surface area contributed by atoms with Crippen molar-refractivity contribution in [3.63, 3.8) is 0 Å². The summed E-state index contributed by atoms with van der Waals surface area (Å²) in [5, 5.41) is 6.28. The molecule has 0 aromatic heterocycles. The normalized spacial score (nSPS) is 12.9. The van der Waals surface area contributed by atoms with Gasteiger partial charge in [-0.1, -0.05) is 6.92 Å². The summed E-state index contributed by atoms with van der Waals surface area (Å²) in [4.78, 5) is 11.3. The number of hydrogen-bond donors (Lipinski definition) is 2. The molecule has 90 valence electrons. The molecular formula is C11H24N2OS. The lowest BCUT2D eigenvalue weighted by molar-refractivity contribution is -0.121. The Morgan fingerprint density at radius 1 is 1.40 bits per heavy atom. The van der Waals surface area contributed by atoms with Gasteiger partial charge in [0.2, 0.25) is 5.91 Å². The first-order valence-electron chi connectivity index (χ1n) is 5.61. The van der Waals surface area contributed by atoms with Crippen LogP contribution in [0.3, 0.4) is 0 Å². The van der Waals surface area contributed by atoms with E-state index in [1.807, 2.05) is 25.6 Å². The smallest absolute Gasteiger partial charge is 0.221 e. The third-order valence-corrected chi connectivity index (χ3v) is 2.83. The van der Waals surface area contributed by atoms with Crippen LogP contribution >= 0.6 is 11.8 Å². The molecule has 1 atom stereocenters. The Morgan fingerprint density at radius 2 is 2.07 bits per heavy atom. The van der Waals surface area contributed by atoms with E-state index in [2.05, 4.69) is 23.8 Å². The van der Waals surface area contributed by atoms with Crippen LogP contribution in [0.25, 0.3) is 0 Å². The Bertz CT molecular complexity index is 174. The fraction of sp³-hybridized carbons (Fsp3) is 0.909. The molecule has 0 aliphatic rings. The van der Waals surface area contributed by atoms with E-state index in [-0.39, 0.29) is 11.9 Å². The Morgan fingerprint density at radius 3 is 2.53 bits per heavy atom. The highest BCUT2D eigenvalue weighted by atomic mass is 32.2. The van der Waals surface area contributed by atoms with Crippen molar-refractivity contribution in [3.8, 4) is 0 Å². The molecule has 1 amide bonds. The second kappa shape index (κ2) is 9.04. The van der Waals surface area contributed by atoms with E-state index in [9.17, 15) is 4.79 Å². The molecule has 0 rings (SSSR count). The standard InChI is InChI=1S/C11H24N2OS/c1-5-10(8-15-4)12-7-6-11(14)13-9(2)3/h9-10,12H,5-8H2,1-4H3,(H,13,14). The van der Waals surface area contributed by atoms with Crippen molar-refractivity contribution in [1.82, 2.24) is 10.6 Å². The Labute approximate surface area is 97.8 Å². The zero-order valence-corrected chi connectivity index (χ0v) is 11.1. The van der Waals surface area contributed by atoms with Crippen LogP contribution in [-0.4, -0.2) is 36.5 Å². The molecule has 15 heavy (non-hydrogen) atoms. The van der Waals surface area contributed by atoms with Gasteiger partial charge in [-0.3, -0.25) is 4.79 Å². The van der Waals surface area contributed by atoms with Gasteiger partial charge in [0.1, 0.15) is 0 Å². The average Bonchev–Trinajstić information content (AvgIpc) is 2.15. The number of thioether (sulfide) groups is 1. The third kappa shape index (κ3) is 8.75. The minimum absolute atomic E-state index is 0.136. The molecule has 0 spiro atoms. The van der Waals surface area contributed by atoms with Crippen LogP contribution in [-0.2, 0) is 4.79 Å². The Kier molecular flexibility index (Phi) is 8.91. The van der Waals surface area contributed by atoms with Gasteiger partial charge in [0, 0.05) is 30.8 Å². The van der Waals surface area contributed by atoms with Crippen molar-refractivity contribution in [1.29, 1.82) is 0 Å². The molecule has 0 fully saturated rings. The highest BCUT2D eigenvalue weighted by Crippen LogP contribution is 2.00. The minimum Gasteiger partial charge on any atom is -0.354 e. The van der Waals surface area contributed by atoms with Crippen molar-refractivity contribution < 1.29 is 4.79 Å². The average molecular weight is 232 g/mol. The molecule has 0 saturated heterocycles. The van der Waals surface area contributed by atoms with Gasteiger partial charge in [0.15, 0.2) is 0 Å². The van der Waals surface area contributed by atoms with Crippen molar-refractivity contribution in [2.45, 2.75) is 45.7 Å². The van der Waals surface area contributed by atoms with Gasteiger partial charge >= 0.3 is 0 Å². The van der Waals surface area contributed by atoms with E-state index < -0.39 is 0 Å². The highest BCUT2D eigenvalue weighted by molar-refractivity contribution is 7.98. The fourth-order valence-corrected chi connectivity index (χ4v) is 2.06. The van der Waals surface area contributed by atoms with Crippen LogP contribution in [0.5, 0.6) is 0 Å². The molecule has 2 N–H and O–H groups in total. The second-order valence-electron chi connectivity index (χ2n) is 3.99. The van der Waals surface area contributed by atoms with Gasteiger partial charge in [0.25, 0.3) is 0 Å². The molecule has 0 aromatic rings. The quantitative estimate of drug-likeness (QED) is 0.668. The van der Waals surface area contributed by atoms with Crippen molar-refractivity contribution in [3.05, 3.63) is 0 Å². The van der Waals surface area contributed by atoms with Gasteiger partial charge < -0.3 is 10.6 Å². The number of carbonyl (C=O) groups is 1. The van der Waals surface area contributed by atoms with E-state index in [1.54, 1.807) is 0 Å². The lowest BCUT2D eigenvalue weighted by Gasteiger charge is -2.15. The Hall–Kier alpha value is -0.220. The molecule has 0 saturated carbocycles. The van der Waals surface area contributed by atoms with E-state index in [0.717, 1.165) is 18.7 Å². The summed E-state index contributed by atoms with van der Waals surface area (Å²) in [5.74, 6) is 1.25. The predicted molar refractivity (Wildman–Crippen MR) is 68.4 cm³/mol. The molecule has 4 heteroatoms. The summed E-state index contributed by atoms with van der Waals surface area (Å²) in [7, 11) is 0. The topological polar surface area (TPSA) is 41.1 Å². The lowest BCUT2D eigenvalue weighted by Crippen LogP contribution is -2.36. The van der Waals surface area contributed by atoms with Gasteiger partial charge in [-0.15, -0.1) is 0 Å². The molecule has 0 aliphatic heterocycles. The molecule has 0 radical (unpaired) electrons. The zero-order valence-electron chi connectivity index (χ0n) is 10.3. The maximum Gasteiger partial charge on any atom is 0.221 e. The lowest BCUT2D eigenvalue weighted by atomic mass is 10.2. The first kappa shape index (κ1) is 14.8. The van der Waals surface area contributed by atoms with Crippen molar-refractivity contribution in [2.75, 3.05) is 18.6 Å². The summed E-state index contributed by atoms with van der Waals surface area (Å²) in [5.41, 5.74) is 0. The number of nitrogens with one attached hydrogen (secondary N) is 2. The maximum atomic E-state index is 11.3. The van der Waals surface area contributed by atoms with E-state index in [4.69, 9.17) is 0 Å². The molecule has 0 aromatic carbocycles. The summed E-state index contributed by atoms with van der Waals surface area (Å²) >= 11 is 1.84. The Balaban J connectivity index is 3.54. The summed E-state index contributed by atoms with van der Waals surface area (Å²) in [6, 6.07) is 0.775. The van der Waals surface area contributed by atoms with Crippen LogP contribution in [0.1, 0.15) is 33.6 Å². The van der Waals surface area contributed by atoms with Gasteiger partial charge in [0.05, 0.1) is 0 Å². The number of amides is 1. The van der Waals surface area contributed by atoms with Gasteiger partial charge in [-0.05, 0) is 26.5 Å². The van der Waals surface area contributed by atoms with E-state index in [0.29, 0.717) is 12.5 Å². The van der Waals surface area contributed by atoms with E-state index in [1.165, 1.54) is 0 Å². The van der Waals surface area contributed by atoms with Crippen molar-refractivity contribution in [2.24, 2.45) is 0 Å². The molecule has 3 nitrogen and oxygen atoms in total. The first-order chi connectivity index (χ1) is 7.10. The zero-order chi connectivity index (χ0) is 11.7. The molecule has 1 unspecified atom stereocenters. The summed E-state index contributed by atoms with van der Waals surface area (Å²) in [6.45, 7) is 6.90. The third-order valence-electron chi connectivity index (χ3n) is 2.10. The van der Waals surface area contributed by atoms with Gasteiger partial charge in [-0.25, -0.2) is 0 Å². The summed E-state index contributed by atoms with van der Waals surface area (Å²) in [6.07, 6.45) is 3.80. The summed E-state index contributed by atoms with van der Waals surface area (Å²) < 4.78 is 0. The maximum absolute atomic E-state index is 11.3. The minimum atomic E-state index is 0.136. The van der Waals surface area contributed by atoms with Crippen LogP contribution in [0.2, 0.25) is 0 Å². The van der Waals surface area contributed by atoms with Crippen LogP contribution in [0, 0.1) is 0 Å². The number of hydrogen-bond acceptors (Lipinski definition) is 3. The largest absolute Gasteiger partial charge is 0.354 e. The predicted octanol–water partition coefficient (Wildman–Crippen LogP) is 1.63. The molecule has 0 heterocycles. The van der Waals surface area contributed by atoms with Gasteiger partial charge in [-0.2, -0.15) is 11.8 Å². The molecule has 0 bridgehead atoms. The number of rotatable bonds is 8.